The molecule has 0 atom stereocenters. The van der Waals surface area contributed by atoms with Gasteiger partial charge in [-0.05, 0) is 20.8 Å². The molecule has 2 N–H and O–H groups in total. The van der Waals surface area contributed by atoms with E-state index in [1.54, 1.807) is 0 Å². The average Bonchev–Trinajstić information content (AvgIpc) is 1.84. The SMILES string of the molecule is CNC(=O)NS(=O)(=O)C(C)(C)C. The van der Waals surface area contributed by atoms with E-state index in [9.17, 15) is 13.2 Å². The second-order valence-electron chi connectivity index (χ2n) is 3.30. The number of carbonyl (C=O) groups excluding carboxylic acids is 1. The minimum atomic E-state index is -3.57. The average molecular weight is 194 g/mol. The lowest BCUT2D eigenvalue weighted by Gasteiger charge is -2.18. The maximum Gasteiger partial charge on any atom is 0.328 e. The molecule has 0 saturated heterocycles. The second kappa shape index (κ2) is 3.30. The first-order valence-electron chi connectivity index (χ1n) is 3.45. The number of urea groups is 1. The molecule has 0 heterocycles. The zero-order valence-corrected chi connectivity index (χ0v) is 8.45. The molecule has 0 rings (SSSR count). The summed E-state index contributed by atoms with van der Waals surface area (Å²) in [5.74, 6) is 0. The molecule has 0 aliphatic rings. The van der Waals surface area contributed by atoms with Crippen LogP contribution in [0.5, 0.6) is 0 Å². The van der Waals surface area contributed by atoms with Gasteiger partial charge in [-0.2, -0.15) is 0 Å². The van der Waals surface area contributed by atoms with Crippen LogP contribution in [0.3, 0.4) is 0 Å². The lowest BCUT2D eigenvalue weighted by Crippen LogP contribution is -2.45. The molecule has 12 heavy (non-hydrogen) atoms. The summed E-state index contributed by atoms with van der Waals surface area (Å²) < 4.78 is 23.4. The molecule has 0 spiro atoms. The van der Waals surface area contributed by atoms with Gasteiger partial charge >= 0.3 is 6.03 Å². The van der Waals surface area contributed by atoms with Crippen LogP contribution in [-0.2, 0) is 10.0 Å². The van der Waals surface area contributed by atoms with Crippen molar-refractivity contribution in [2.24, 2.45) is 0 Å². The number of carbonyl (C=O) groups is 1. The highest BCUT2D eigenvalue weighted by molar-refractivity contribution is 7.91. The van der Waals surface area contributed by atoms with Crippen molar-refractivity contribution in [2.45, 2.75) is 25.5 Å². The van der Waals surface area contributed by atoms with E-state index < -0.39 is 20.8 Å². The van der Waals surface area contributed by atoms with E-state index in [1.807, 2.05) is 4.72 Å². The second-order valence-corrected chi connectivity index (χ2v) is 5.73. The Hall–Kier alpha value is -0.780. The fourth-order valence-electron chi connectivity index (χ4n) is 0.326. The number of nitrogens with one attached hydrogen (secondary N) is 2. The minimum Gasteiger partial charge on any atom is -0.340 e. The van der Waals surface area contributed by atoms with Gasteiger partial charge in [0, 0.05) is 7.05 Å². The van der Waals surface area contributed by atoms with Crippen molar-refractivity contribution < 1.29 is 13.2 Å². The molecule has 0 fully saturated rings. The van der Waals surface area contributed by atoms with Crippen LogP contribution in [0.15, 0.2) is 0 Å². The van der Waals surface area contributed by atoms with E-state index in [4.69, 9.17) is 0 Å². The van der Waals surface area contributed by atoms with Crippen LogP contribution in [-0.4, -0.2) is 26.2 Å². The van der Waals surface area contributed by atoms with Crippen molar-refractivity contribution in [1.82, 2.24) is 10.0 Å². The van der Waals surface area contributed by atoms with Crippen LogP contribution in [0.25, 0.3) is 0 Å². The van der Waals surface area contributed by atoms with Crippen molar-refractivity contribution in [3.8, 4) is 0 Å². The van der Waals surface area contributed by atoms with Gasteiger partial charge in [0.15, 0.2) is 0 Å². The van der Waals surface area contributed by atoms with Gasteiger partial charge in [-0.25, -0.2) is 17.9 Å². The smallest absolute Gasteiger partial charge is 0.328 e. The predicted molar refractivity (Wildman–Crippen MR) is 46.3 cm³/mol. The summed E-state index contributed by atoms with van der Waals surface area (Å²) in [7, 11) is -2.22. The molecule has 0 aromatic heterocycles. The summed E-state index contributed by atoms with van der Waals surface area (Å²) in [6, 6.07) is -0.718. The van der Waals surface area contributed by atoms with Crippen LogP contribution < -0.4 is 10.0 Å². The Kier molecular flexibility index (Phi) is 3.09. The normalized spacial score (nSPS) is 12.3. The number of rotatable bonds is 1. The lowest BCUT2D eigenvalue weighted by molar-refractivity contribution is 0.247. The predicted octanol–water partition coefficient (Wildman–Crippen LogP) is 0.0437. The molecule has 0 aromatic carbocycles. The summed E-state index contributed by atoms with van der Waals surface area (Å²) in [4.78, 5) is 10.7. The summed E-state index contributed by atoms with van der Waals surface area (Å²) >= 11 is 0. The van der Waals surface area contributed by atoms with Gasteiger partial charge in [0.1, 0.15) is 0 Å². The van der Waals surface area contributed by atoms with E-state index in [1.165, 1.54) is 27.8 Å². The molecule has 0 aliphatic carbocycles. The Morgan fingerprint density at radius 2 is 1.67 bits per heavy atom. The van der Waals surface area contributed by atoms with Crippen LogP contribution in [0, 0.1) is 0 Å². The minimum absolute atomic E-state index is 0.718. The van der Waals surface area contributed by atoms with Gasteiger partial charge in [-0.15, -0.1) is 0 Å². The maximum absolute atomic E-state index is 11.2. The molecule has 2 amide bonds. The van der Waals surface area contributed by atoms with E-state index >= 15 is 0 Å². The van der Waals surface area contributed by atoms with E-state index in [0.29, 0.717) is 0 Å². The first kappa shape index (κ1) is 11.2. The van der Waals surface area contributed by atoms with E-state index in [-0.39, 0.29) is 0 Å². The summed E-state index contributed by atoms with van der Waals surface area (Å²) in [5.41, 5.74) is 0. The van der Waals surface area contributed by atoms with Crippen molar-refractivity contribution in [1.29, 1.82) is 0 Å². The van der Waals surface area contributed by atoms with Gasteiger partial charge in [0.2, 0.25) is 10.0 Å². The number of sulfonamides is 1. The third-order valence-corrected chi connectivity index (χ3v) is 3.33. The number of hydrogen-bond acceptors (Lipinski definition) is 3. The van der Waals surface area contributed by atoms with Crippen LogP contribution in [0.4, 0.5) is 4.79 Å². The van der Waals surface area contributed by atoms with Crippen molar-refractivity contribution in [2.75, 3.05) is 7.05 Å². The van der Waals surface area contributed by atoms with E-state index in [0.717, 1.165) is 0 Å². The molecule has 72 valence electrons. The molecule has 0 unspecified atom stereocenters. The molecule has 6 heteroatoms. The monoisotopic (exact) mass is 194 g/mol. The Balaban J connectivity index is 4.58. The highest BCUT2D eigenvalue weighted by atomic mass is 32.2. The van der Waals surface area contributed by atoms with Gasteiger partial charge < -0.3 is 5.32 Å². The lowest BCUT2D eigenvalue weighted by atomic mass is 10.3. The van der Waals surface area contributed by atoms with Crippen molar-refractivity contribution >= 4 is 16.1 Å². The highest BCUT2D eigenvalue weighted by Gasteiger charge is 2.30. The summed E-state index contributed by atoms with van der Waals surface area (Å²) in [5, 5.41) is 2.16. The topological polar surface area (TPSA) is 75.3 Å². The Morgan fingerprint density at radius 1 is 1.25 bits per heavy atom. The fraction of sp³-hybridized carbons (Fsp3) is 0.833. The van der Waals surface area contributed by atoms with E-state index in [2.05, 4.69) is 5.32 Å². The van der Waals surface area contributed by atoms with Crippen LogP contribution >= 0.6 is 0 Å². The molecular weight excluding hydrogens is 180 g/mol. The fourth-order valence-corrected chi connectivity index (χ4v) is 0.978. The van der Waals surface area contributed by atoms with Crippen LogP contribution in [0.2, 0.25) is 0 Å². The van der Waals surface area contributed by atoms with Crippen molar-refractivity contribution in [3.05, 3.63) is 0 Å². The van der Waals surface area contributed by atoms with Crippen molar-refractivity contribution in [3.63, 3.8) is 0 Å². The van der Waals surface area contributed by atoms with Gasteiger partial charge in [0.05, 0.1) is 4.75 Å². The third-order valence-electron chi connectivity index (χ3n) is 1.26. The molecular formula is C6H14N2O3S. The van der Waals surface area contributed by atoms with Gasteiger partial charge in [0.25, 0.3) is 0 Å². The summed E-state index contributed by atoms with van der Waals surface area (Å²) in [6.45, 7) is 4.54. The molecule has 0 aliphatic heterocycles. The molecule has 0 radical (unpaired) electrons. The first-order chi connectivity index (χ1) is 5.20. The Labute approximate surface area is 72.6 Å². The standard InChI is InChI=1S/C6H14N2O3S/c1-6(2,3)12(10,11)8-5(9)7-4/h1-4H3,(H2,7,8,9). The van der Waals surface area contributed by atoms with Gasteiger partial charge in [-0.3, -0.25) is 0 Å². The largest absolute Gasteiger partial charge is 0.340 e. The van der Waals surface area contributed by atoms with Crippen LogP contribution in [0.1, 0.15) is 20.8 Å². The molecule has 0 aromatic rings. The maximum atomic E-state index is 11.2. The number of hydrogen-bond donors (Lipinski definition) is 2. The molecule has 0 bridgehead atoms. The quantitative estimate of drug-likeness (QED) is 0.619. The zero-order chi connectivity index (χ0) is 9.99. The zero-order valence-electron chi connectivity index (χ0n) is 7.63. The number of amides is 2. The Morgan fingerprint density at radius 3 is 1.92 bits per heavy atom. The summed E-state index contributed by atoms with van der Waals surface area (Å²) in [6.07, 6.45) is 0. The van der Waals surface area contributed by atoms with Gasteiger partial charge in [-0.1, -0.05) is 0 Å². The molecule has 5 nitrogen and oxygen atoms in total. The Bertz CT molecular complexity index is 263. The highest BCUT2D eigenvalue weighted by Crippen LogP contribution is 2.12. The third kappa shape index (κ3) is 2.69. The molecule has 0 saturated carbocycles. The first-order valence-corrected chi connectivity index (χ1v) is 4.93.